The Morgan fingerprint density at radius 2 is 2.17 bits per heavy atom. The number of nitro groups is 1. The molecule has 1 amide bonds. The van der Waals surface area contributed by atoms with Crippen molar-refractivity contribution in [1.82, 2.24) is 20.3 Å². The summed E-state index contributed by atoms with van der Waals surface area (Å²) in [5.41, 5.74) is 1.63. The van der Waals surface area contributed by atoms with Crippen LogP contribution < -0.4 is 5.32 Å². The van der Waals surface area contributed by atoms with Crippen molar-refractivity contribution in [1.29, 1.82) is 0 Å². The molecule has 2 rings (SSSR count). The molecule has 0 atom stereocenters. The van der Waals surface area contributed by atoms with E-state index < -0.39 is 4.92 Å². The second kappa shape index (κ2) is 7.24. The molecule has 0 saturated carbocycles. The van der Waals surface area contributed by atoms with Crippen LogP contribution in [0.25, 0.3) is 0 Å². The third-order valence-electron chi connectivity index (χ3n) is 3.71. The van der Waals surface area contributed by atoms with Crippen LogP contribution in [0.15, 0.2) is 10.6 Å². The SMILES string of the molecule is Cc1nn(CCC(=O)NCc2cc(C(C)C)no2)c(C)c1[N+](=O)[O-]. The van der Waals surface area contributed by atoms with Crippen LogP contribution in [0.3, 0.4) is 0 Å². The highest BCUT2D eigenvalue weighted by Gasteiger charge is 2.21. The van der Waals surface area contributed by atoms with Gasteiger partial charge in [-0.3, -0.25) is 19.6 Å². The molecule has 1 N–H and O–H groups in total. The van der Waals surface area contributed by atoms with Crippen LogP contribution >= 0.6 is 0 Å². The molecule has 130 valence electrons. The summed E-state index contributed by atoms with van der Waals surface area (Å²) in [6.07, 6.45) is 0.171. The van der Waals surface area contributed by atoms with Crippen LogP contribution in [0, 0.1) is 24.0 Å². The smallest absolute Gasteiger partial charge is 0.312 e. The van der Waals surface area contributed by atoms with Gasteiger partial charge in [0, 0.05) is 12.5 Å². The van der Waals surface area contributed by atoms with Gasteiger partial charge in [-0.2, -0.15) is 5.10 Å². The van der Waals surface area contributed by atoms with E-state index in [4.69, 9.17) is 4.52 Å². The molecule has 0 saturated heterocycles. The van der Waals surface area contributed by atoms with Gasteiger partial charge in [0.25, 0.3) is 0 Å². The van der Waals surface area contributed by atoms with E-state index in [-0.39, 0.29) is 37.0 Å². The monoisotopic (exact) mass is 335 g/mol. The lowest BCUT2D eigenvalue weighted by molar-refractivity contribution is -0.386. The van der Waals surface area contributed by atoms with Gasteiger partial charge in [-0.05, 0) is 19.8 Å². The number of nitrogens with zero attached hydrogens (tertiary/aromatic N) is 4. The molecule has 0 radical (unpaired) electrons. The first-order valence-corrected chi connectivity index (χ1v) is 7.70. The van der Waals surface area contributed by atoms with Crippen LogP contribution in [0.2, 0.25) is 0 Å². The Bertz CT molecular complexity index is 747. The molecule has 24 heavy (non-hydrogen) atoms. The minimum absolute atomic E-state index is 0.00159. The molecule has 0 spiro atoms. The van der Waals surface area contributed by atoms with Crippen LogP contribution in [-0.4, -0.2) is 25.8 Å². The quantitative estimate of drug-likeness (QED) is 0.612. The zero-order valence-electron chi connectivity index (χ0n) is 14.2. The molecular weight excluding hydrogens is 314 g/mol. The number of rotatable bonds is 7. The Morgan fingerprint density at radius 3 is 2.71 bits per heavy atom. The van der Waals surface area contributed by atoms with Crippen molar-refractivity contribution in [2.45, 2.75) is 53.1 Å². The molecule has 9 heteroatoms. The van der Waals surface area contributed by atoms with E-state index in [0.29, 0.717) is 17.1 Å². The number of carbonyl (C=O) groups excluding carboxylic acids is 1. The summed E-state index contributed by atoms with van der Waals surface area (Å²) >= 11 is 0. The number of hydrogen-bond donors (Lipinski definition) is 1. The maximum absolute atomic E-state index is 11.9. The Hall–Kier alpha value is -2.71. The number of amides is 1. The summed E-state index contributed by atoms with van der Waals surface area (Å²) in [5.74, 6) is 0.668. The van der Waals surface area contributed by atoms with Gasteiger partial charge in [-0.25, -0.2) is 0 Å². The van der Waals surface area contributed by atoms with Gasteiger partial charge >= 0.3 is 5.69 Å². The number of aryl methyl sites for hydroxylation is 2. The fourth-order valence-electron chi connectivity index (χ4n) is 2.34. The lowest BCUT2D eigenvalue weighted by Crippen LogP contribution is -2.24. The van der Waals surface area contributed by atoms with Crippen molar-refractivity contribution in [2.75, 3.05) is 0 Å². The summed E-state index contributed by atoms with van der Waals surface area (Å²) in [5, 5.41) is 21.7. The van der Waals surface area contributed by atoms with Crippen LogP contribution in [0.1, 0.15) is 49.0 Å². The van der Waals surface area contributed by atoms with Crippen LogP contribution in [0.5, 0.6) is 0 Å². The predicted octanol–water partition coefficient (Wildman–Crippen LogP) is 2.23. The molecular formula is C15H21N5O4. The fourth-order valence-corrected chi connectivity index (χ4v) is 2.34. The molecule has 2 aromatic rings. The normalized spacial score (nSPS) is 11.0. The van der Waals surface area contributed by atoms with Gasteiger partial charge < -0.3 is 9.84 Å². The second-order valence-corrected chi connectivity index (χ2v) is 5.90. The largest absolute Gasteiger partial charge is 0.359 e. The van der Waals surface area contributed by atoms with Crippen molar-refractivity contribution in [3.05, 3.63) is 39.0 Å². The highest BCUT2D eigenvalue weighted by Crippen LogP contribution is 2.21. The molecule has 0 aliphatic carbocycles. The predicted molar refractivity (Wildman–Crippen MR) is 85.4 cm³/mol. The summed E-state index contributed by atoms with van der Waals surface area (Å²) in [4.78, 5) is 22.4. The van der Waals surface area contributed by atoms with Gasteiger partial charge in [0.2, 0.25) is 5.91 Å². The van der Waals surface area contributed by atoms with Gasteiger partial charge in [0.05, 0.1) is 23.7 Å². The number of hydrogen-bond acceptors (Lipinski definition) is 6. The van der Waals surface area contributed by atoms with E-state index in [1.54, 1.807) is 13.8 Å². The van der Waals surface area contributed by atoms with Crippen molar-refractivity contribution in [2.24, 2.45) is 0 Å². The summed E-state index contributed by atoms with van der Waals surface area (Å²) in [6.45, 7) is 7.76. The Morgan fingerprint density at radius 1 is 1.46 bits per heavy atom. The van der Waals surface area contributed by atoms with Crippen molar-refractivity contribution >= 4 is 11.6 Å². The van der Waals surface area contributed by atoms with Crippen LogP contribution in [0.4, 0.5) is 5.69 Å². The maximum Gasteiger partial charge on any atom is 0.312 e. The molecule has 0 aliphatic heterocycles. The molecule has 9 nitrogen and oxygen atoms in total. The van der Waals surface area contributed by atoms with Gasteiger partial charge in [0.15, 0.2) is 5.76 Å². The number of nitrogens with one attached hydrogen (secondary N) is 1. The van der Waals surface area contributed by atoms with Crippen LogP contribution in [-0.2, 0) is 17.9 Å². The summed E-state index contributed by atoms with van der Waals surface area (Å²) < 4.78 is 6.63. The molecule has 0 fully saturated rings. The van der Waals surface area contributed by atoms with E-state index in [1.807, 2.05) is 19.9 Å². The first kappa shape index (κ1) is 17.6. The standard InChI is InChI=1S/C15H21N5O4/c1-9(2)13-7-12(24-18-13)8-16-14(21)5-6-19-11(4)15(20(22)23)10(3)17-19/h7,9H,5-6,8H2,1-4H3,(H,16,21). The third kappa shape index (κ3) is 3.98. The fraction of sp³-hybridized carbons (Fsp3) is 0.533. The van der Waals surface area contributed by atoms with E-state index in [0.717, 1.165) is 5.69 Å². The van der Waals surface area contributed by atoms with Gasteiger partial charge in [0.1, 0.15) is 11.4 Å². The highest BCUT2D eigenvalue weighted by atomic mass is 16.6. The average molecular weight is 335 g/mol. The van der Waals surface area contributed by atoms with E-state index in [2.05, 4.69) is 15.6 Å². The zero-order valence-corrected chi connectivity index (χ0v) is 14.2. The van der Waals surface area contributed by atoms with Gasteiger partial charge in [-0.15, -0.1) is 0 Å². The molecule has 2 heterocycles. The Balaban J connectivity index is 1.87. The zero-order chi connectivity index (χ0) is 17.9. The summed E-state index contributed by atoms with van der Waals surface area (Å²) in [6, 6.07) is 1.81. The van der Waals surface area contributed by atoms with E-state index >= 15 is 0 Å². The lowest BCUT2D eigenvalue weighted by Gasteiger charge is -2.04. The molecule has 0 bridgehead atoms. The number of aromatic nitrogens is 3. The first-order valence-electron chi connectivity index (χ1n) is 7.70. The average Bonchev–Trinajstić information content (AvgIpc) is 3.08. The van der Waals surface area contributed by atoms with Gasteiger partial charge in [-0.1, -0.05) is 19.0 Å². The minimum Gasteiger partial charge on any atom is -0.359 e. The van der Waals surface area contributed by atoms with E-state index in [9.17, 15) is 14.9 Å². The van der Waals surface area contributed by atoms with E-state index in [1.165, 1.54) is 4.68 Å². The molecule has 2 aromatic heterocycles. The van der Waals surface area contributed by atoms with Crippen molar-refractivity contribution < 1.29 is 14.2 Å². The molecule has 0 aliphatic rings. The van der Waals surface area contributed by atoms with Crippen molar-refractivity contribution in [3.8, 4) is 0 Å². The topological polar surface area (TPSA) is 116 Å². The highest BCUT2D eigenvalue weighted by molar-refractivity contribution is 5.75. The molecule has 0 aromatic carbocycles. The lowest BCUT2D eigenvalue weighted by atomic mass is 10.1. The third-order valence-corrected chi connectivity index (χ3v) is 3.71. The minimum atomic E-state index is -0.454. The Kier molecular flexibility index (Phi) is 5.32. The summed E-state index contributed by atoms with van der Waals surface area (Å²) in [7, 11) is 0. The Labute approximate surface area is 139 Å². The molecule has 0 unspecified atom stereocenters. The first-order chi connectivity index (χ1) is 11.3. The van der Waals surface area contributed by atoms with Crippen molar-refractivity contribution in [3.63, 3.8) is 0 Å². The number of carbonyl (C=O) groups is 1. The second-order valence-electron chi connectivity index (χ2n) is 5.90. The maximum atomic E-state index is 11.9.